The van der Waals surface area contributed by atoms with Gasteiger partial charge in [0, 0.05) is 32.2 Å². The molecule has 0 aromatic carbocycles. The maximum Gasteiger partial charge on any atom is 0.319 e. The summed E-state index contributed by atoms with van der Waals surface area (Å²) in [5.74, 6) is -1.48. The van der Waals surface area contributed by atoms with Gasteiger partial charge in [-0.05, 0) is 78.2 Å². The number of anilines is 1. The largest absolute Gasteiger partial charge is 0.463 e. The van der Waals surface area contributed by atoms with Gasteiger partial charge in [-0.25, -0.2) is 9.97 Å². The summed E-state index contributed by atoms with van der Waals surface area (Å²) in [7, 11) is 1.64. The summed E-state index contributed by atoms with van der Waals surface area (Å²) >= 11 is 0. The van der Waals surface area contributed by atoms with Crippen molar-refractivity contribution in [1.29, 1.82) is 0 Å². The molecule has 3 rings (SSSR count). The number of esters is 1. The highest BCUT2D eigenvalue weighted by Crippen LogP contribution is 2.38. The fraction of sp³-hybridized carbons (Fsp3) is 0.824. The summed E-state index contributed by atoms with van der Waals surface area (Å²) in [6, 6.07) is -0.0242. The zero-order chi connectivity index (χ0) is 33.4. The van der Waals surface area contributed by atoms with Crippen LogP contribution in [0.3, 0.4) is 0 Å². The van der Waals surface area contributed by atoms with Gasteiger partial charge in [0.25, 0.3) is 0 Å². The third-order valence-corrected chi connectivity index (χ3v) is 9.61. The van der Waals surface area contributed by atoms with Crippen molar-refractivity contribution < 1.29 is 33.6 Å². The Morgan fingerprint density at radius 2 is 1.82 bits per heavy atom. The van der Waals surface area contributed by atoms with Gasteiger partial charge in [-0.15, -0.1) is 0 Å². The number of hydrogen-bond donors (Lipinski definition) is 2. The van der Waals surface area contributed by atoms with Crippen LogP contribution in [0.2, 0.25) is 0 Å². The number of Topliss-reactive ketones (excluding diaryl/α,β-unsaturated/α-hetero) is 1. The van der Waals surface area contributed by atoms with E-state index in [2.05, 4.69) is 34.0 Å². The molecule has 2 aliphatic rings. The Kier molecular flexibility index (Phi) is 13.7. The second-order valence-corrected chi connectivity index (χ2v) is 14.1. The monoisotopic (exact) mass is 634 g/mol. The van der Waals surface area contributed by atoms with E-state index in [0.717, 1.165) is 44.6 Å². The van der Waals surface area contributed by atoms with E-state index in [4.69, 9.17) is 18.9 Å². The van der Waals surface area contributed by atoms with Crippen LogP contribution in [0.4, 0.5) is 5.69 Å². The maximum absolute atomic E-state index is 14.2. The second kappa shape index (κ2) is 16.6. The number of aliphatic hydroxyl groups is 1. The molecule has 0 aliphatic carbocycles. The van der Waals surface area contributed by atoms with Gasteiger partial charge in [-0.1, -0.05) is 27.7 Å². The minimum Gasteiger partial charge on any atom is -0.463 e. The molecule has 256 valence electrons. The lowest BCUT2D eigenvalue weighted by atomic mass is 9.74. The van der Waals surface area contributed by atoms with Crippen molar-refractivity contribution in [2.75, 3.05) is 38.7 Å². The Morgan fingerprint density at radius 1 is 1.13 bits per heavy atom. The lowest BCUT2D eigenvalue weighted by molar-refractivity contribution is -0.295. The minimum absolute atomic E-state index is 0.0242. The Hall–Kier alpha value is -2.18. The van der Waals surface area contributed by atoms with Crippen molar-refractivity contribution in [1.82, 2.24) is 14.9 Å². The summed E-state index contributed by atoms with van der Waals surface area (Å²) in [4.78, 5) is 38.3. The standard InChI is InChI=1S/C34H58N4O7/c1-10-14-38-19-22(2)16-34(8,42-9)30(45-31-28(39)23(3)15-24(4)44-31)25(5)29(40)33(6,7)32(41)43-20-27(38)12-11-13-37-26-17-35-21-36-18-26/h17-18,21-25,27-28,30-31,37,39H,10-16,19-20H2,1-9H3/t22-,23+,24-,25+,27-,28-,30-,31+,34-/m1/s1. The van der Waals surface area contributed by atoms with Crippen LogP contribution in [0.1, 0.15) is 87.5 Å². The molecule has 11 heteroatoms. The highest BCUT2D eigenvalue weighted by molar-refractivity contribution is 6.04. The van der Waals surface area contributed by atoms with E-state index in [9.17, 15) is 14.7 Å². The molecule has 2 N–H and O–H groups in total. The van der Waals surface area contributed by atoms with Crippen molar-refractivity contribution in [2.45, 2.75) is 124 Å². The van der Waals surface area contributed by atoms with Gasteiger partial charge < -0.3 is 29.4 Å². The van der Waals surface area contributed by atoms with Crippen molar-refractivity contribution in [3.8, 4) is 0 Å². The smallest absolute Gasteiger partial charge is 0.319 e. The molecule has 45 heavy (non-hydrogen) atoms. The van der Waals surface area contributed by atoms with Crippen LogP contribution in [0.15, 0.2) is 18.7 Å². The molecule has 11 nitrogen and oxygen atoms in total. The molecule has 1 aromatic heterocycles. The van der Waals surface area contributed by atoms with E-state index in [-0.39, 0.29) is 36.4 Å². The Morgan fingerprint density at radius 3 is 2.47 bits per heavy atom. The van der Waals surface area contributed by atoms with Gasteiger partial charge in [-0.2, -0.15) is 0 Å². The molecule has 0 unspecified atom stereocenters. The molecule has 9 atom stereocenters. The molecule has 0 radical (unpaired) electrons. The molecule has 2 saturated heterocycles. The first-order valence-electron chi connectivity index (χ1n) is 16.7. The van der Waals surface area contributed by atoms with E-state index in [1.54, 1.807) is 40.3 Å². The quantitative estimate of drug-likeness (QED) is 0.214. The zero-order valence-electron chi connectivity index (χ0n) is 29.0. The first-order valence-corrected chi connectivity index (χ1v) is 16.7. The number of hydrogen-bond acceptors (Lipinski definition) is 11. The minimum atomic E-state index is -1.42. The number of carbonyl (C=O) groups is 2. The fourth-order valence-electron chi connectivity index (χ4n) is 7.02. The number of rotatable bonds is 10. The summed E-state index contributed by atoms with van der Waals surface area (Å²) in [6.07, 6.45) is 6.21. The van der Waals surface area contributed by atoms with E-state index >= 15 is 0 Å². The summed E-state index contributed by atoms with van der Waals surface area (Å²) in [5, 5.41) is 14.4. The molecule has 0 bridgehead atoms. The van der Waals surface area contributed by atoms with E-state index in [1.807, 2.05) is 20.8 Å². The topological polar surface area (TPSA) is 132 Å². The van der Waals surface area contributed by atoms with Crippen molar-refractivity contribution >= 4 is 17.4 Å². The molecule has 2 aliphatic heterocycles. The predicted octanol–water partition coefficient (Wildman–Crippen LogP) is 4.49. The fourth-order valence-corrected chi connectivity index (χ4v) is 7.02. The maximum atomic E-state index is 14.2. The van der Waals surface area contributed by atoms with Gasteiger partial charge in [0.2, 0.25) is 0 Å². The van der Waals surface area contributed by atoms with Crippen LogP contribution in [0.25, 0.3) is 0 Å². The Balaban J connectivity index is 1.91. The van der Waals surface area contributed by atoms with Crippen molar-refractivity contribution in [3.63, 3.8) is 0 Å². The molecule has 0 spiro atoms. The number of methoxy groups -OCH3 is 1. The van der Waals surface area contributed by atoms with E-state index < -0.39 is 41.4 Å². The average Bonchev–Trinajstić information content (AvgIpc) is 3.00. The third kappa shape index (κ3) is 9.67. The average molecular weight is 635 g/mol. The summed E-state index contributed by atoms with van der Waals surface area (Å²) in [6.45, 7) is 17.8. The highest BCUT2D eigenvalue weighted by atomic mass is 16.7. The van der Waals surface area contributed by atoms with Crippen LogP contribution in [0.5, 0.6) is 0 Å². The van der Waals surface area contributed by atoms with Gasteiger partial charge in [0.05, 0.1) is 35.9 Å². The number of nitrogens with zero attached hydrogens (tertiary/aromatic N) is 3. The molecular formula is C34H58N4O7. The summed E-state index contributed by atoms with van der Waals surface area (Å²) < 4.78 is 24.8. The SMILES string of the molecule is CCCN1C[C@H](C)C[C@@](C)(OC)[C@H](O[C@@H]2O[C@H](C)C[C@H](C)[C@H]2O)[C@@H](C)C(=O)C(C)(C)C(=O)OC[C@H]1CCCNc1cncnc1. The lowest BCUT2D eigenvalue weighted by Gasteiger charge is -2.46. The predicted molar refractivity (Wildman–Crippen MR) is 173 cm³/mol. The Bertz CT molecular complexity index is 1080. The highest BCUT2D eigenvalue weighted by Gasteiger charge is 2.51. The number of nitrogens with one attached hydrogen (secondary N) is 1. The van der Waals surface area contributed by atoms with Crippen LogP contribution in [0, 0.1) is 23.2 Å². The first-order chi connectivity index (χ1) is 21.2. The van der Waals surface area contributed by atoms with Gasteiger partial charge in [-0.3, -0.25) is 14.5 Å². The van der Waals surface area contributed by atoms with Gasteiger partial charge >= 0.3 is 5.97 Å². The number of ketones is 1. The number of cyclic esters (lactones) is 1. The van der Waals surface area contributed by atoms with Gasteiger partial charge in [0.1, 0.15) is 24.5 Å². The number of ether oxygens (including phenoxy) is 4. The third-order valence-electron chi connectivity index (χ3n) is 9.61. The molecule has 1 aromatic rings. The van der Waals surface area contributed by atoms with Crippen LogP contribution < -0.4 is 5.32 Å². The molecule has 3 heterocycles. The normalized spacial score (nSPS) is 35.5. The number of aliphatic hydroxyl groups excluding tert-OH is 1. The number of carbonyl (C=O) groups excluding carboxylic acids is 2. The Labute approximate surface area is 270 Å². The van der Waals surface area contributed by atoms with Crippen LogP contribution in [-0.2, 0) is 28.5 Å². The molecular weight excluding hydrogens is 576 g/mol. The van der Waals surface area contributed by atoms with E-state index in [0.29, 0.717) is 12.8 Å². The van der Waals surface area contributed by atoms with Crippen molar-refractivity contribution in [2.24, 2.45) is 23.2 Å². The van der Waals surface area contributed by atoms with Gasteiger partial charge in [0.15, 0.2) is 12.1 Å². The zero-order valence-corrected chi connectivity index (χ0v) is 29.0. The second-order valence-electron chi connectivity index (χ2n) is 14.1. The molecule has 0 saturated carbocycles. The molecule has 2 fully saturated rings. The van der Waals surface area contributed by atoms with Crippen LogP contribution >= 0.6 is 0 Å². The molecule has 0 amide bonds. The summed E-state index contributed by atoms with van der Waals surface area (Å²) in [5.41, 5.74) is -1.47. The first kappa shape index (κ1) is 37.3. The number of aromatic nitrogens is 2. The lowest BCUT2D eigenvalue weighted by Crippen LogP contribution is -2.57. The van der Waals surface area contributed by atoms with E-state index in [1.165, 1.54) is 6.33 Å². The van der Waals surface area contributed by atoms with Crippen LogP contribution in [-0.4, -0.2) is 101 Å². The van der Waals surface area contributed by atoms with Crippen molar-refractivity contribution in [3.05, 3.63) is 18.7 Å².